The summed E-state index contributed by atoms with van der Waals surface area (Å²) in [6.07, 6.45) is 2.43. The third kappa shape index (κ3) is 2.99. The summed E-state index contributed by atoms with van der Waals surface area (Å²) >= 11 is 0. The third-order valence-corrected chi connectivity index (χ3v) is 3.23. The quantitative estimate of drug-likeness (QED) is 0.848. The van der Waals surface area contributed by atoms with E-state index in [1.54, 1.807) is 17.8 Å². The molecule has 0 saturated carbocycles. The van der Waals surface area contributed by atoms with Crippen molar-refractivity contribution in [1.29, 1.82) is 0 Å². The Bertz CT molecular complexity index is 605. The molecule has 0 aliphatic carbocycles. The number of nitrogens with zero attached hydrogens (tertiary/aromatic N) is 2. The van der Waals surface area contributed by atoms with E-state index in [0.29, 0.717) is 19.0 Å². The summed E-state index contributed by atoms with van der Waals surface area (Å²) in [5.74, 6) is -0.114. The van der Waals surface area contributed by atoms with Gasteiger partial charge in [-0.25, -0.2) is 9.78 Å². The van der Waals surface area contributed by atoms with Crippen molar-refractivity contribution >= 4 is 11.8 Å². The Morgan fingerprint density at radius 2 is 2.15 bits per heavy atom. The fourth-order valence-electron chi connectivity index (χ4n) is 2.06. The van der Waals surface area contributed by atoms with Crippen LogP contribution in [0.1, 0.15) is 28.5 Å². The van der Waals surface area contributed by atoms with Crippen molar-refractivity contribution in [2.45, 2.75) is 26.8 Å². The molecule has 0 amide bonds. The van der Waals surface area contributed by atoms with Crippen molar-refractivity contribution in [3.05, 3.63) is 47.4 Å². The molecule has 5 nitrogen and oxygen atoms in total. The van der Waals surface area contributed by atoms with E-state index >= 15 is 0 Å². The standard InChI is InChI=1S/C15H19N3O2/c1-3-20-15(19)13-14(16)18(10-17-13)9-8-12-7-5-4-6-11(12)2/h4-7,10H,3,8-9,16H2,1-2H3. The summed E-state index contributed by atoms with van der Waals surface area (Å²) in [4.78, 5) is 15.7. The molecule has 1 heterocycles. The summed E-state index contributed by atoms with van der Waals surface area (Å²) in [5.41, 5.74) is 8.64. The van der Waals surface area contributed by atoms with Gasteiger partial charge < -0.3 is 15.0 Å². The number of nitrogens with two attached hydrogens (primary N) is 1. The average Bonchev–Trinajstić information content (AvgIpc) is 2.79. The Kier molecular flexibility index (Phi) is 4.40. The van der Waals surface area contributed by atoms with Crippen LogP contribution in [0, 0.1) is 6.92 Å². The number of benzene rings is 1. The topological polar surface area (TPSA) is 70.1 Å². The number of aryl methyl sites for hydroxylation is 3. The van der Waals surface area contributed by atoms with Gasteiger partial charge in [-0.1, -0.05) is 24.3 Å². The van der Waals surface area contributed by atoms with E-state index in [1.165, 1.54) is 11.1 Å². The molecule has 0 fully saturated rings. The Labute approximate surface area is 118 Å². The first-order valence-electron chi connectivity index (χ1n) is 6.65. The molecule has 0 spiro atoms. The lowest BCUT2D eigenvalue weighted by Crippen LogP contribution is -2.11. The maximum absolute atomic E-state index is 11.6. The zero-order valence-electron chi connectivity index (χ0n) is 11.8. The highest BCUT2D eigenvalue weighted by Gasteiger charge is 2.16. The molecule has 1 aromatic heterocycles. The van der Waals surface area contributed by atoms with Crippen LogP contribution in [-0.4, -0.2) is 22.1 Å². The molecule has 2 aromatic rings. The van der Waals surface area contributed by atoms with Crippen molar-refractivity contribution in [2.75, 3.05) is 12.3 Å². The zero-order valence-corrected chi connectivity index (χ0v) is 11.8. The van der Waals surface area contributed by atoms with Crippen molar-refractivity contribution < 1.29 is 9.53 Å². The van der Waals surface area contributed by atoms with E-state index in [2.05, 4.69) is 24.0 Å². The van der Waals surface area contributed by atoms with Gasteiger partial charge in [-0.2, -0.15) is 0 Å². The Morgan fingerprint density at radius 3 is 2.85 bits per heavy atom. The van der Waals surface area contributed by atoms with Crippen LogP contribution in [0.3, 0.4) is 0 Å². The molecular weight excluding hydrogens is 254 g/mol. The number of hydrogen-bond donors (Lipinski definition) is 1. The second-order valence-electron chi connectivity index (χ2n) is 4.57. The lowest BCUT2D eigenvalue weighted by atomic mass is 10.1. The van der Waals surface area contributed by atoms with Gasteiger partial charge in [-0.15, -0.1) is 0 Å². The molecule has 0 aliphatic heterocycles. The number of ether oxygens (including phenoxy) is 1. The molecule has 2 rings (SSSR count). The van der Waals surface area contributed by atoms with Gasteiger partial charge in [0.05, 0.1) is 12.9 Å². The first-order valence-corrected chi connectivity index (χ1v) is 6.65. The highest BCUT2D eigenvalue weighted by molar-refractivity contribution is 5.92. The highest BCUT2D eigenvalue weighted by atomic mass is 16.5. The molecule has 0 bridgehead atoms. The Hall–Kier alpha value is -2.30. The number of anilines is 1. The van der Waals surface area contributed by atoms with Crippen molar-refractivity contribution in [3.8, 4) is 0 Å². The Morgan fingerprint density at radius 1 is 1.40 bits per heavy atom. The van der Waals surface area contributed by atoms with E-state index in [-0.39, 0.29) is 5.69 Å². The molecule has 2 N–H and O–H groups in total. The van der Waals surface area contributed by atoms with Gasteiger partial charge in [0.25, 0.3) is 0 Å². The first kappa shape index (κ1) is 14.1. The monoisotopic (exact) mass is 273 g/mol. The third-order valence-electron chi connectivity index (χ3n) is 3.23. The molecule has 0 unspecified atom stereocenters. The van der Waals surface area contributed by atoms with Crippen LogP contribution in [0.5, 0.6) is 0 Å². The fourth-order valence-corrected chi connectivity index (χ4v) is 2.06. The number of carbonyl (C=O) groups excluding carboxylic acids is 1. The average molecular weight is 273 g/mol. The molecule has 1 aromatic carbocycles. The zero-order chi connectivity index (χ0) is 14.5. The number of esters is 1. The van der Waals surface area contributed by atoms with Gasteiger partial charge in [-0.05, 0) is 31.4 Å². The molecule has 0 atom stereocenters. The Balaban J connectivity index is 2.08. The summed E-state index contributed by atoms with van der Waals surface area (Å²) in [5, 5.41) is 0. The number of nitrogen functional groups attached to an aromatic ring is 1. The van der Waals surface area contributed by atoms with Crippen LogP contribution in [0.15, 0.2) is 30.6 Å². The molecule has 0 radical (unpaired) electrons. The largest absolute Gasteiger partial charge is 0.461 e. The number of hydrogen-bond acceptors (Lipinski definition) is 4. The van der Waals surface area contributed by atoms with E-state index in [4.69, 9.17) is 10.5 Å². The van der Waals surface area contributed by atoms with Crippen LogP contribution in [-0.2, 0) is 17.7 Å². The van der Waals surface area contributed by atoms with Gasteiger partial charge in [-0.3, -0.25) is 0 Å². The second kappa shape index (κ2) is 6.23. The maximum atomic E-state index is 11.6. The van der Waals surface area contributed by atoms with Crippen molar-refractivity contribution in [1.82, 2.24) is 9.55 Å². The lowest BCUT2D eigenvalue weighted by molar-refractivity contribution is 0.0521. The van der Waals surface area contributed by atoms with Gasteiger partial charge in [0, 0.05) is 6.54 Å². The summed E-state index contributed by atoms with van der Waals surface area (Å²) < 4.78 is 6.69. The molecule has 0 aliphatic rings. The predicted molar refractivity (Wildman–Crippen MR) is 77.5 cm³/mol. The van der Waals surface area contributed by atoms with Crippen LogP contribution in [0.25, 0.3) is 0 Å². The second-order valence-corrected chi connectivity index (χ2v) is 4.57. The summed E-state index contributed by atoms with van der Waals surface area (Å²) in [6.45, 7) is 4.83. The van der Waals surface area contributed by atoms with Gasteiger partial charge in [0.1, 0.15) is 5.82 Å². The van der Waals surface area contributed by atoms with Gasteiger partial charge >= 0.3 is 5.97 Å². The minimum absolute atomic E-state index is 0.191. The smallest absolute Gasteiger partial charge is 0.360 e. The number of aromatic nitrogens is 2. The molecule has 20 heavy (non-hydrogen) atoms. The minimum Gasteiger partial charge on any atom is -0.461 e. The highest BCUT2D eigenvalue weighted by Crippen LogP contribution is 2.14. The summed E-state index contributed by atoms with van der Waals surface area (Å²) in [7, 11) is 0. The SMILES string of the molecule is CCOC(=O)c1ncn(CCc2ccccc2C)c1N. The molecule has 5 heteroatoms. The maximum Gasteiger partial charge on any atom is 0.360 e. The van der Waals surface area contributed by atoms with Crippen LogP contribution >= 0.6 is 0 Å². The molecule has 0 saturated heterocycles. The van der Waals surface area contributed by atoms with Crippen LogP contribution in [0.2, 0.25) is 0 Å². The van der Waals surface area contributed by atoms with Crippen LogP contribution < -0.4 is 5.73 Å². The minimum atomic E-state index is -0.473. The van der Waals surface area contributed by atoms with E-state index in [9.17, 15) is 4.79 Å². The molecular formula is C15H19N3O2. The van der Waals surface area contributed by atoms with E-state index < -0.39 is 5.97 Å². The van der Waals surface area contributed by atoms with Crippen molar-refractivity contribution in [3.63, 3.8) is 0 Å². The van der Waals surface area contributed by atoms with Crippen molar-refractivity contribution in [2.24, 2.45) is 0 Å². The van der Waals surface area contributed by atoms with E-state index in [0.717, 1.165) is 6.42 Å². The fraction of sp³-hybridized carbons (Fsp3) is 0.333. The summed E-state index contributed by atoms with van der Waals surface area (Å²) in [6, 6.07) is 8.21. The first-order chi connectivity index (χ1) is 9.63. The number of carbonyl (C=O) groups is 1. The van der Waals surface area contributed by atoms with Gasteiger partial charge in [0.2, 0.25) is 0 Å². The normalized spacial score (nSPS) is 10.5. The van der Waals surface area contributed by atoms with Gasteiger partial charge in [0.15, 0.2) is 5.69 Å². The van der Waals surface area contributed by atoms with E-state index in [1.807, 2.05) is 12.1 Å². The molecule has 106 valence electrons. The van der Waals surface area contributed by atoms with Crippen LogP contribution in [0.4, 0.5) is 5.82 Å². The lowest BCUT2D eigenvalue weighted by Gasteiger charge is -2.08. The predicted octanol–water partition coefficient (Wildman–Crippen LogP) is 2.19. The number of rotatable bonds is 5. The number of imidazole rings is 1.